The molecule has 0 aliphatic rings. The summed E-state index contributed by atoms with van der Waals surface area (Å²) in [6, 6.07) is 1.81. The maximum Gasteiger partial charge on any atom is 0.211 e. The summed E-state index contributed by atoms with van der Waals surface area (Å²) < 4.78 is 7.11. The lowest BCUT2D eigenvalue weighted by atomic mass is 10.3. The molecule has 18 heavy (non-hydrogen) atoms. The van der Waals surface area contributed by atoms with Crippen LogP contribution in [-0.4, -0.2) is 32.5 Å². The van der Waals surface area contributed by atoms with Crippen molar-refractivity contribution < 1.29 is 9.52 Å². The van der Waals surface area contributed by atoms with Crippen LogP contribution in [0.1, 0.15) is 24.6 Å². The number of hydrogen-bond acceptors (Lipinski definition) is 5. The van der Waals surface area contributed by atoms with Gasteiger partial charge in [-0.25, -0.2) is 4.98 Å². The molecule has 2 atom stereocenters. The van der Waals surface area contributed by atoms with E-state index < -0.39 is 6.10 Å². The number of oxazole rings is 1. The van der Waals surface area contributed by atoms with E-state index in [1.807, 2.05) is 26.1 Å². The van der Waals surface area contributed by atoms with Crippen molar-refractivity contribution in [1.82, 2.24) is 20.1 Å². The van der Waals surface area contributed by atoms with Gasteiger partial charge < -0.3 is 14.8 Å². The van der Waals surface area contributed by atoms with Crippen molar-refractivity contribution in [2.24, 2.45) is 0 Å². The van der Waals surface area contributed by atoms with Gasteiger partial charge >= 0.3 is 0 Å². The third kappa shape index (κ3) is 3.41. The average molecular weight is 250 g/mol. The fourth-order valence-corrected chi connectivity index (χ4v) is 1.66. The Labute approximate surface area is 106 Å². The molecule has 2 rings (SSSR count). The molecule has 98 valence electrons. The Hall–Kier alpha value is -1.66. The van der Waals surface area contributed by atoms with E-state index in [4.69, 9.17) is 4.42 Å². The number of aliphatic hydroxyl groups excluding tert-OH is 1. The van der Waals surface area contributed by atoms with Gasteiger partial charge in [-0.15, -0.1) is 0 Å². The summed E-state index contributed by atoms with van der Waals surface area (Å²) in [5.41, 5.74) is 0. The van der Waals surface area contributed by atoms with Gasteiger partial charge in [0.15, 0.2) is 0 Å². The first kappa shape index (κ1) is 12.8. The summed E-state index contributed by atoms with van der Waals surface area (Å²) in [5, 5.41) is 17.1. The first-order chi connectivity index (χ1) is 8.65. The van der Waals surface area contributed by atoms with Crippen LogP contribution in [-0.2, 0) is 6.54 Å². The second-order valence-electron chi connectivity index (χ2n) is 4.32. The van der Waals surface area contributed by atoms with Crippen molar-refractivity contribution in [1.29, 1.82) is 0 Å². The molecule has 6 nitrogen and oxygen atoms in total. The van der Waals surface area contributed by atoms with Crippen molar-refractivity contribution >= 4 is 0 Å². The number of nitrogens with one attached hydrogen (secondary N) is 1. The highest BCUT2D eigenvalue weighted by Crippen LogP contribution is 2.11. The third-order valence-electron chi connectivity index (χ3n) is 2.63. The highest BCUT2D eigenvalue weighted by Gasteiger charge is 2.13. The number of rotatable bonds is 6. The Morgan fingerprint density at radius 1 is 1.56 bits per heavy atom. The van der Waals surface area contributed by atoms with Crippen molar-refractivity contribution in [2.75, 3.05) is 6.54 Å². The quantitative estimate of drug-likeness (QED) is 0.796. The van der Waals surface area contributed by atoms with E-state index in [2.05, 4.69) is 15.4 Å². The Morgan fingerprint density at radius 3 is 3.00 bits per heavy atom. The number of aromatic nitrogens is 3. The van der Waals surface area contributed by atoms with Crippen molar-refractivity contribution in [2.45, 2.75) is 32.5 Å². The summed E-state index contributed by atoms with van der Waals surface area (Å²) in [6.45, 7) is 4.74. The minimum absolute atomic E-state index is 0.0222. The Morgan fingerprint density at radius 2 is 2.39 bits per heavy atom. The topological polar surface area (TPSA) is 76.1 Å². The van der Waals surface area contributed by atoms with Gasteiger partial charge in [-0.2, -0.15) is 5.10 Å². The normalized spacial score (nSPS) is 14.6. The van der Waals surface area contributed by atoms with E-state index in [1.165, 1.54) is 0 Å². The minimum Gasteiger partial charge on any atom is -0.444 e. The lowest BCUT2D eigenvalue weighted by Gasteiger charge is -2.15. The van der Waals surface area contributed by atoms with E-state index in [0.29, 0.717) is 19.0 Å². The zero-order valence-corrected chi connectivity index (χ0v) is 10.6. The van der Waals surface area contributed by atoms with Gasteiger partial charge in [0.2, 0.25) is 5.89 Å². The summed E-state index contributed by atoms with van der Waals surface area (Å²) in [6.07, 6.45) is 4.71. The highest BCUT2D eigenvalue weighted by molar-refractivity contribution is 4.95. The van der Waals surface area contributed by atoms with Crippen LogP contribution in [0, 0.1) is 6.92 Å². The number of aliphatic hydroxyl groups is 1. The molecule has 2 aromatic heterocycles. The molecule has 0 spiro atoms. The molecular formula is C12H18N4O2. The van der Waals surface area contributed by atoms with Crippen LogP contribution in [0.3, 0.4) is 0 Å². The zero-order valence-electron chi connectivity index (χ0n) is 10.6. The average Bonchev–Trinajstić information content (AvgIpc) is 2.97. The molecule has 2 N–H and O–H groups in total. The highest BCUT2D eigenvalue weighted by atomic mass is 16.4. The molecule has 0 aliphatic carbocycles. The lowest BCUT2D eigenvalue weighted by molar-refractivity contribution is 0.142. The predicted octanol–water partition coefficient (Wildman–Crippen LogP) is 0.891. The van der Waals surface area contributed by atoms with Crippen molar-refractivity contribution in [3.63, 3.8) is 0 Å². The van der Waals surface area contributed by atoms with Crippen LogP contribution in [0.25, 0.3) is 0 Å². The van der Waals surface area contributed by atoms with Crippen LogP contribution in [0.5, 0.6) is 0 Å². The SMILES string of the molecule is Cc1cnc(C(C)NCC(O)Cn2cccn2)o1. The van der Waals surface area contributed by atoms with Gasteiger partial charge in [0.05, 0.1) is 24.9 Å². The first-order valence-electron chi connectivity index (χ1n) is 5.96. The van der Waals surface area contributed by atoms with Crippen LogP contribution >= 0.6 is 0 Å². The molecule has 0 saturated carbocycles. The van der Waals surface area contributed by atoms with Gasteiger partial charge in [-0.05, 0) is 19.9 Å². The van der Waals surface area contributed by atoms with Crippen LogP contribution in [0.2, 0.25) is 0 Å². The fraction of sp³-hybridized carbons (Fsp3) is 0.500. The largest absolute Gasteiger partial charge is 0.444 e. The molecule has 0 amide bonds. The van der Waals surface area contributed by atoms with E-state index in [-0.39, 0.29) is 6.04 Å². The Balaban J connectivity index is 1.77. The summed E-state index contributed by atoms with van der Waals surface area (Å²) in [4.78, 5) is 4.14. The Kier molecular flexibility index (Phi) is 4.11. The summed E-state index contributed by atoms with van der Waals surface area (Å²) in [5.74, 6) is 1.43. The molecule has 0 saturated heterocycles. The number of hydrogen-bond donors (Lipinski definition) is 2. The summed E-state index contributed by atoms with van der Waals surface area (Å²) in [7, 11) is 0. The molecule has 2 aromatic rings. The second kappa shape index (κ2) is 5.79. The van der Waals surface area contributed by atoms with Gasteiger partial charge in [0.1, 0.15) is 5.76 Å². The van der Waals surface area contributed by atoms with Gasteiger partial charge in [-0.3, -0.25) is 4.68 Å². The molecule has 0 aliphatic heterocycles. The van der Waals surface area contributed by atoms with E-state index in [1.54, 1.807) is 17.1 Å². The third-order valence-corrected chi connectivity index (χ3v) is 2.63. The molecule has 0 bridgehead atoms. The summed E-state index contributed by atoms with van der Waals surface area (Å²) >= 11 is 0. The molecular weight excluding hydrogens is 232 g/mol. The Bertz CT molecular complexity index is 466. The van der Waals surface area contributed by atoms with Crippen LogP contribution < -0.4 is 5.32 Å². The van der Waals surface area contributed by atoms with Crippen molar-refractivity contribution in [3.05, 3.63) is 36.3 Å². The van der Waals surface area contributed by atoms with Gasteiger partial charge in [0, 0.05) is 18.9 Å². The number of aryl methyl sites for hydroxylation is 1. The maximum absolute atomic E-state index is 9.85. The molecule has 6 heteroatoms. The van der Waals surface area contributed by atoms with Crippen molar-refractivity contribution in [3.8, 4) is 0 Å². The van der Waals surface area contributed by atoms with Crippen LogP contribution in [0.15, 0.2) is 29.1 Å². The standard InChI is InChI=1S/C12H18N4O2/c1-9-6-14-12(18-9)10(2)13-7-11(17)8-16-5-3-4-15-16/h3-6,10-11,13,17H,7-8H2,1-2H3. The van der Waals surface area contributed by atoms with E-state index in [0.717, 1.165) is 5.76 Å². The first-order valence-corrected chi connectivity index (χ1v) is 5.96. The fourth-order valence-electron chi connectivity index (χ4n) is 1.66. The van der Waals surface area contributed by atoms with Gasteiger partial charge in [-0.1, -0.05) is 0 Å². The van der Waals surface area contributed by atoms with Crippen LogP contribution in [0.4, 0.5) is 0 Å². The molecule has 0 radical (unpaired) electrons. The molecule has 2 heterocycles. The monoisotopic (exact) mass is 250 g/mol. The van der Waals surface area contributed by atoms with Gasteiger partial charge in [0.25, 0.3) is 0 Å². The van der Waals surface area contributed by atoms with E-state index >= 15 is 0 Å². The second-order valence-corrected chi connectivity index (χ2v) is 4.32. The molecule has 0 fully saturated rings. The smallest absolute Gasteiger partial charge is 0.211 e. The lowest BCUT2D eigenvalue weighted by Crippen LogP contribution is -2.32. The number of nitrogens with zero attached hydrogens (tertiary/aromatic N) is 3. The minimum atomic E-state index is -0.497. The molecule has 0 aromatic carbocycles. The zero-order chi connectivity index (χ0) is 13.0. The van der Waals surface area contributed by atoms with E-state index in [9.17, 15) is 5.11 Å². The molecule has 2 unspecified atom stereocenters. The predicted molar refractivity (Wildman–Crippen MR) is 65.9 cm³/mol. The maximum atomic E-state index is 9.85.